The van der Waals surface area contributed by atoms with E-state index < -0.39 is 10.0 Å². The molecule has 0 saturated heterocycles. The molecule has 7 heteroatoms. The summed E-state index contributed by atoms with van der Waals surface area (Å²) in [6.45, 7) is 7.21. The Balaban J connectivity index is 2.73. The maximum absolute atomic E-state index is 11.2. The number of benzene rings is 1. The maximum Gasteiger partial charge on any atom is 0.238 e. The molecule has 4 N–H and O–H groups in total. The molecular weight excluding hydrogens is 266 g/mol. The van der Waals surface area contributed by atoms with Crippen LogP contribution < -0.4 is 15.6 Å². The lowest BCUT2D eigenvalue weighted by atomic mass is 10.3. The van der Waals surface area contributed by atoms with Gasteiger partial charge in [0.25, 0.3) is 0 Å². The Labute approximate surface area is 114 Å². The molecule has 0 aromatic heterocycles. The number of nitrogens with zero attached hydrogens (tertiary/aromatic N) is 1. The van der Waals surface area contributed by atoms with Gasteiger partial charge in [-0.25, -0.2) is 13.6 Å². The molecule has 0 bridgehead atoms. The molecule has 0 amide bonds. The van der Waals surface area contributed by atoms with Crippen LogP contribution in [0.1, 0.15) is 13.8 Å². The fraction of sp³-hybridized carbons (Fsp3) is 0.500. The van der Waals surface area contributed by atoms with Gasteiger partial charge in [-0.05, 0) is 25.2 Å². The number of nitrogen functional groups attached to an aromatic ring is 1. The van der Waals surface area contributed by atoms with E-state index in [0.717, 1.165) is 19.6 Å². The summed E-state index contributed by atoms with van der Waals surface area (Å²) in [6, 6.07) is 4.20. The molecule has 0 spiro atoms. The van der Waals surface area contributed by atoms with Crippen LogP contribution in [0.2, 0.25) is 0 Å². The molecular formula is C12H21N3O3S. The van der Waals surface area contributed by atoms with Gasteiger partial charge in [0.15, 0.2) is 0 Å². The van der Waals surface area contributed by atoms with Crippen LogP contribution >= 0.6 is 0 Å². The van der Waals surface area contributed by atoms with Gasteiger partial charge in [-0.3, -0.25) is 0 Å². The van der Waals surface area contributed by atoms with Crippen molar-refractivity contribution in [2.75, 3.05) is 32.0 Å². The summed E-state index contributed by atoms with van der Waals surface area (Å²) in [6.07, 6.45) is 0. The summed E-state index contributed by atoms with van der Waals surface area (Å²) in [5.74, 6) is 0.346. The first kappa shape index (κ1) is 15.7. The van der Waals surface area contributed by atoms with E-state index in [1.807, 2.05) is 0 Å². The molecule has 1 rings (SSSR count). The van der Waals surface area contributed by atoms with Crippen molar-refractivity contribution in [1.82, 2.24) is 4.90 Å². The first-order chi connectivity index (χ1) is 8.88. The Hall–Kier alpha value is -1.31. The molecule has 0 aliphatic rings. The van der Waals surface area contributed by atoms with E-state index in [0.29, 0.717) is 18.0 Å². The highest BCUT2D eigenvalue weighted by molar-refractivity contribution is 7.89. The van der Waals surface area contributed by atoms with E-state index in [1.165, 1.54) is 18.2 Å². The number of hydrogen-bond acceptors (Lipinski definition) is 5. The third kappa shape index (κ3) is 4.70. The predicted octanol–water partition coefficient (Wildman–Crippen LogP) is 0.637. The van der Waals surface area contributed by atoms with Crippen LogP contribution in [-0.2, 0) is 10.0 Å². The lowest BCUT2D eigenvalue weighted by molar-refractivity contribution is 0.223. The van der Waals surface area contributed by atoms with Gasteiger partial charge in [0.1, 0.15) is 12.4 Å². The Bertz CT molecular complexity index is 513. The van der Waals surface area contributed by atoms with Crippen LogP contribution in [0.5, 0.6) is 5.75 Å². The molecule has 0 heterocycles. The quantitative estimate of drug-likeness (QED) is 0.717. The van der Waals surface area contributed by atoms with Crippen LogP contribution in [0.25, 0.3) is 0 Å². The Morgan fingerprint density at radius 3 is 2.42 bits per heavy atom. The highest BCUT2D eigenvalue weighted by atomic mass is 32.2. The summed E-state index contributed by atoms with van der Waals surface area (Å²) in [7, 11) is -3.74. The van der Waals surface area contributed by atoms with Crippen molar-refractivity contribution in [3.05, 3.63) is 18.2 Å². The van der Waals surface area contributed by atoms with Gasteiger partial charge < -0.3 is 15.4 Å². The summed E-state index contributed by atoms with van der Waals surface area (Å²) in [5, 5.41) is 5.06. The highest BCUT2D eigenvalue weighted by Gasteiger charge is 2.11. The van der Waals surface area contributed by atoms with Crippen molar-refractivity contribution in [3.8, 4) is 5.75 Å². The zero-order valence-electron chi connectivity index (χ0n) is 11.3. The van der Waals surface area contributed by atoms with Crippen molar-refractivity contribution >= 4 is 15.7 Å². The average Bonchev–Trinajstić information content (AvgIpc) is 2.35. The molecule has 0 unspecified atom stereocenters. The van der Waals surface area contributed by atoms with Crippen molar-refractivity contribution < 1.29 is 13.2 Å². The number of primary sulfonamides is 1. The van der Waals surface area contributed by atoms with Gasteiger partial charge >= 0.3 is 0 Å². The normalized spacial score (nSPS) is 11.8. The average molecular weight is 287 g/mol. The zero-order valence-corrected chi connectivity index (χ0v) is 12.1. The molecule has 0 atom stereocenters. The number of rotatable bonds is 7. The number of likely N-dealkylation sites (N-methyl/N-ethyl adjacent to an activating group) is 1. The van der Waals surface area contributed by atoms with E-state index in [4.69, 9.17) is 15.6 Å². The van der Waals surface area contributed by atoms with Crippen molar-refractivity contribution in [1.29, 1.82) is 0 Å². The molecule has 0 radical (unpaired) electrons. The van der Waals surface area contributed by atoms with Crippen LogP contribution in [-0.4, -0.2) is 39.6 Å². The Kier molecular flexibility index (Phi) is 5.59. The SMILES string of the molecule is CCN(CC)CCOc1cc(S(N)(=O)=O)ccc1N. The second-order valence-electron chi connectivity index (χ2n) is 4.12. The fourth-order valence-corrected chi connectivity index (χ4v) is 2.17. The third-order valence-corrected chi connectivity index (χ3v) is 3.78. The summed E-state index contributed by atoms with van der Waals surface area (Å²) in [4.78, 5) is 2.19. The minimum absolute atomic E-state index is 0.000427. The maximum atomic E-state index is 11.2. The van der Waals surface area contributed by atoms with Crippen LogP contribution in [0.15, 0.2) is 23.1 Å². The largest absolute Gasteiger partial charge is 0.490 e. The van der Waals surface area contributed by atoms with Crippen LogP contribution in [0.4, 0.5) is 5.69 Å². The number of anilines is 1. The highest BCUT2D eigenvalue weighted by Crippen LogP contribution is 2.24. The number of ether oxygens (including phenoxy) is 1. The molecule has 0 fully saturated rings. The van der Waals surface area contributed by atoms with E-state index in [1.54, 1.807) is 0 Å². The van der Waals surface area contributed by atoms with Crippen molar-refractivity contribution in [2.24, 2.45) is 5.14 Å². The minimum Gasteiger partial charge on any atom is -0.490 e. The smallest absolute Gasteiger partial charge is 0.238 e. The second-order valence-corrected chi connectivity index (χ2v) is 5.68. The first-order valence-electron chi connectivity index (χ1n) is 6.16. The number of nitrogens with two attached hydrogens (primary N) is 2. The molecule has 1 aromatic carbocycles. The van der Waals surface area contributed by atoms with Crippen molar-refractivity contribution in [2.45, 2.75) is 18.7 Å². The van der Waals surface area contributed by atoms with Gasteiger partial charge in [-0.15, -0.1) is 0 Å². The number of sulfonamides is 1. The second kappa shape index (κ2) is 6.74. The minimum atomic E-state index is -3.74. The van der Waals surface area contributed by atoms with Gasteiger partial charge in [0, 0.05) is 12.6 Å². The number of hydrogen-bond donors (Lipinski definition) is 2. The summed E-state index contributed by atoms with van der Waals surface area (Å²) < 4.78 is 28.0. The summed E-state index contributed by atoms with van der Waals surface area (Å²) in [5.41, 5.74) is 6.14. The first-order valence-corrected chi connectivity index (χ1v) is 7.70. The Morgan fingerprint density at radius 1 is 1.26 bits per heavy atom. The van der Waals surface area contributed by atoms with Gasteiger partial charge in [-0.2, -0.15) is 0 Å². The molecule has 0 aliphatic heterocycles. The molecule has 108 valence electrons. The van der Waals surface area contributed by atoms with E-state index >= 15 is 0 Å². The predicted molar refractivity (Wildman–Crippen MR) is 75.5 cm³/mol. The molecule has 0 aliphatic carbocycles. The van der Waals surface area contributed by atoms with E-state index in [9.17, 15) is 8.42 Å². The van der Waals surface area contributed by atoms with E-state index in [2.05, 4.69) is 18.7 Å². The van der Waals surface area contributed by atoms with E-state index in [-0.39, 0.29) is 4.90 Å². The Morgan fingerprint density at radius 2 is 1.89 bits per heavy atom. The van der Waals surface area contributed by atoms with Gasteiger partial charge in [0.2, 0.25) is 10.0 Å². The van der Waals surface area contributed by atoms with Gasteiger partial charge in [-0.1, -0.05) is 13.8 Å². The van der Waals surface area contributed by atoms with Crippen LogP contribution in [0.3, 0.4) is 0 Å². The van der Waals surface area contributed by atoms with Crippen molar-refractivity contribution in [3.63, 3.8) is 0 Å². The molecule has 0 saturated carbocycles. The fourth-order valence-electron chi connectivity index (χ4n) is 1.64. The van der Waals surface area contributed by atoms with Crippen LogP contribution in [0, 0.1) is 0 Å². The lowest BCUT2D eigenvalue weighted by Gasteiger charge is -2.18. The lowest BCUT2D eigenvalue weighted by Crippen LogP contribution is -2.28. The molecule has 1 aromatic rings. The van der Waals surface area contributed by atoms with Gasteiger partial charge in [0.05, 0.1) is 10.6 Å². The topological polar surface area (TPSA) is 98.6 Å². The molecule has 19 heavy (non-hydrogen) atoms. The molecule has 6 nitrogen and oxygen atoms in total. The third-order valence-electron chi connectivity index (χ3n) is 2.87. The standard InChI is InChI=1S/C12H21N3O3S/c1-3-15(4-2)7-8-18-12-9-10(19(14,16)17)5-6-11(12)13/h5-6,9H,3-4,7-8,13H2,1-2H3,(H2,14,16,17). The summed E-state index contributed by atoms with van der Waals surface area (Å²) >= 11 is 0. The zero-order chi connectivity index (χ0) is 14.5. The monoisotopic (exact) mass is 287 g/mol.